The third kappa shape index (κ3) is 5.95. The lowest BCUT2D eigenvalue weighted by molar-refractivity contribution is 0.358. The summed E-state index contributed by atoms with van der Waals surface area (Å²) in [5, 5.41) is 6.59. The highest BCUT2D eigenvalue weighted by Crippen LogP contribution is 2.24. The van der Waals surface area contributed by atoms with Crippen molar-refractivity contribution in [2.75, 3.05) is 27.9 Å². The van der Waals surface area contributed by atoms with Crippen molar-refractivity contribution >= 4 is 5.96 Å². The van der Waals surface area contributed by atoms with Crippen LogP contribution in [0.15, 0.2) is 60.1 Å². The molecule has 0 fully saturated rings. The van der Waals surface area contributed by atoms with Crippen LogP contribution in [0.3, 0.4) is 0 Å². The Morgan fingerprint density at radius 2 is 1.70 bits per heavy atom. The molecule has 0 aliphatic carbocycles. The zero-order valence-corrected chi connectivity index (χ0v) is 16.1. The molecule has 2 rings (SSSR count). The van der Waals surface area contributed by atoms with Gasteiger partial charge in [0.1, 0.15) is 23.9 Å². The topological polar surface area (TPSA) is 64.1 Å². The molecule has 27 heavy (non-hydrogen) atoms. The van der Waals surface area contributed by atoms with Gasteiger partial charge in [-0.05, 0) is 18.2 Å². The Bertz CT molecular complexity index is 775. The lowest BCUT2D eigenvalue weighted by Crippen LogP contribution is -2.36. The van der Waals surface area contributed by atoms with Crippen molar-refractivity contribution in [3.8, 4) is 17.2 Å². The molecule has 0 heterocycles. The molecule has 0 saturated carbocycles. The number of benzene rings is 2. The predicted octanol–water partition coefficient (Wildman–Crippen LogP) is 3.13. The third-order valence-corrected chi connectivity index (χ3v) is 3.94. The van der Waals surface area contributed by atoms with Crippen LogP contribution in [0.25, 0.3) is 0 Å². The summed E-state index contributed by atoms with van der Waals surface area (Å²) in [6.45, 7) is 5.32. The molecule has 0 unspecified atom stereocenters. The van der Waals surface area contributed by atoms with Gasteiger partial charge in [-0.2, -0.15) is 0 Å². The highest BCUT2D eigenvalue weighted by atomic mass is 16.5. The van der Waals surface area contributed by atoms with E-state index in [1.54, 1.807) is 27.3 Å². The van der Waals surface area contributed by atoms with Gasteiger partial charge in [-0.25, -0.2) is 0 Å². The minimum absolute atomic E-state index is 0.473. The molecule has 0 saturated heterocycles. The minimum atomic E-state index is 0.473. The number of hydrogen-bond acceptors (Lipinski definition) is 4. The number of nitrogens with zero attached hydrogens (tertiary/aromatic N) is 1. The monoisotopic (exact) mass is 369 g/mol. The van der Waals surface area contributed by atoms with Gasteiger partial charge < -0.3 is 24.8 Å². The van der Waals surface area contributed by atoms with Gasteiger partial charge in [0, 0.05) is 37.3 Å². The van der Waals surface area contributed by atoms with Crippen LogP contribution < -0.4 is 24.8 Å². The molecule has 2 N–H and O–H groups in total. The molecule has 0 aliphatic rings. The Balaban J connectivity index is 1.96. The van der Waals surface area contributed by atoms with Crippen molar-refractivity contribution in [1.29, 1.82) is 0 Å². The zero-order valence-electron chi connectivity index (χ0n) is 16.1. The van der Waals surface area contributed by atoms with E-state index in [-0.39, 0.29) is 0 Å². The third-order valence-electron chi connectivity index (χ3n) is 3.94. The number of para-hydroxylation sites is 1. The predicted molar refractivity (Wildman–Crippen MR) is 109 cm³/mol. The molecule has 0 atom stereocenters. The van der Waals surface area contributed by atoms with E-state index in [4.69, 9.17) is 14.2 Å². The van der Waals surface area contributed by atoms with Gasteiger partial charge in [0.2, 0.25) is 0 Å². The molecule has 6 nitrogen and oxygen atoms in total. The molecule has 0 bridgehead atoms. The standard InChI is InChI=1S/C21H27N3O3/c1-5-12-27-19-9-7-6-8-16(19)14-23-21(22-2)24-15-17-10-11-18(25-3)13-20(17)26-4/h5-11,13H,1,12,14-15H2,2-4H3,(H2,22,23,24). The summed E-state index contributed by atoms with van der Waals surface area (Å²) in [4.78, 5) is 4.27. The Labute approximate surface area is 160 Å². The molecule has 0 amide bonds. The van der Waals surface area contributed by atoms with E-state index in [1.165, 1.54) is 0 Å². The maximum absolute atomic E-state index is 5.69. The molecular formula is C21H27N3O3. The van der Waals surface area contributed by atoms with Crippen LogP contribution in [-0.2, 0) is 13.1 Å². The van der Waals surface area contributed by atoms with Gasteiger partial charge in [0.25, 0.3) is 0 Å². The SMILES string of the molecule is C=CCOc1ccccc1CNC(=NC)NCc1ccc(OC)cc1OC. The second-order valence-electron chi connectivity index (χ2n) is 5.66. The summed E-state index contributed by atoms with van der Waals surface area (Å²) >= 11 is 0. The number of guanidine groups is 1. The van der Waals surface area contributed by atoms with Crippen LogP contribution in [0.5, 0.6) is 17.2 Å². The second-order valence-corrected chi connectivity index (χ2v) is 5.66. The summed E-state index contributed by atoms with van der Waals surface area (Å²) in [7, 11) is 5.02. The number of methoxy groups -OCH3 is 2. The van der Waals surface area contributed by atoms with Crippen molar-refractivity contribution in [2.45, 2.75) is 13.1 Å². The van der Waals surface area contributed by atoms with E-state index in [1.807, 2.05) is 42.5 Å². The highest BCUT2D eigenvalue weighted by Gasteiger charge is 2.07. The normalized spacial score (nSPS) is 10.9. The molecule has 0 radical (unpaired) electrons. The van der Waals surface area contributed by atoms with Crippen molar-refractivity contribution in [1.82, 2.24) is 10.6 Å². The first kappa shape index (κ1) is 20.2. The largest absolute Gasteiger partial charge is 0.497 e. The lowest BCUT2D eigenvalue weighted by atomic mass is 10.2. The van der Waals surface area contributed by atoms with Crippen molar-refractivity contribution in [3.05, 3.63) is 66.2 Å². The van der Waals surface area contributed by atoms with Gasteiger partial charge in [-0.1, -0.05) is 30.9 Å². The molecule has 2 aromatic rings. The van der Waals surface area contributed by atoms with Crippen LogP contribution in [0.4, 0.5) is 0 Å². The van der Waals surface area contributed by atoms with Crippen LogP contribution in [0, 0.1) is 0 Å². The number of hydrogen-bond donors (Lipinski definition) is 2. The van der Waals surface area contributed by atoms with Crippen LogP contribution in [0.2, 0.25) is 0 Å². The second kappa shape index (κ2) is 10.8. The van der Waals surface area contributed by atoms with E-state index in [9.17, 15) is 0 Å². The highest BCUT2D eigenvalue weighted by molar-refractivity contribution is 5.79. The fourth-order valence-electron chi connectivity index (χ4n) is 2.52. The average Bonchev–Trinajstić information content (AvgIpc) is 2.72. The number of nitrogens with one attached hydrogen (secondary N) is 2. The van der Waals surface area contributed by atoms with Crippen LogP contribution >= 0.6 is 0 Å². The zero-order chi connectivity index (χ0) is 19.5. The Kier molecular flexibility index (Phi) is 8.03. The first-order valence-corrected chi connectivity index (χ1v) is 8.68. The van der Waals surface area contributed by atoms with Crippen molar-refractivity contribution in [3.63, 3.8) is 0 Å². The Morgan fingerprint density at radius 3 is 2.33 bits per heavy atom. The van der Waals surface area contributed by atoms with E-state index in [2.05, 4.69) is 22.2 Å². The first-order valence-electron chi connectivity index (χ1n) is 8.68. The fourth-order valence-corrected chi connectivity index (χ4v) is 2.52. The summed E-state index contributed by atoms with van der Waals surface area (Å²) in [5.74, 6) is 3.04. The fraction of sp³-hybridized carbons (Fsp3) is 0.286. The Morgan fingerprint density at radius 1 is 1.00 bits per heavy atom. The maximum atomic E-state index is 5.69. The summed E-state index contributed by atoms with van der Waals surface area (Å²) in [5.41, 5.74) is 2.06. The smallest absolute Gasteiger partial charge is 0.191 e. The van der Waals surface area contributed by atoms with E-state index >= 15 is 0 Å². The van der Waals surface area contributed by atoms with Gasteiger partial charge in [-0.3, -0.25) is 4.99 Å². The van der Waals surface area contributed by atoms with E-state index in [0.29, 0.717) is 25.7 Å². The maximum Gasteiger partial charge on any atom is 0.191 e. The van der Waals surface area contributed by atoms with E-state index < -0.39 is 0 Å². The van der Waals surface area contributed by atoms with Crippen LogP contribution in [0.1, 0.15) is 11.1 Å². The quantitative estimate of drug-likeness (QED) is 0.404. The molecule has 0 aromatic heterocycles. The molecule has 2 aromatic carbocycles. The number of rotatable bonds is 9. The van der Waals surface area contributed by atoms with E-state index in [0.717, 1.165) is 28.4 Å². The molecule has 144 valence electrons. The lowest BCUT2D eigenvalue weighted by Gasteiger charge is -2.16. The van der Waals surface area contributed by atoms with Gasteiger partial charge >= 0.3 is 0 Å². The van der Waals surface area contributed by atoms with Crippen LogP contribution in [-0.4, -0.2) is 33.8 Å². The molecule has 6 heteroatoms. The molecular weight excluding hydrogens is 342 g/mol. The van der Waals surface area contributed by atoms with Gasteiger partial charge in [0.15, 0.2) is 5.96 Å². The molecule has 0 aliphatic heterocycles. The minimum Gasteiger partial charge on any atom is -0.497 e. The number of aliphatic imine (C=N–C) groups is 1. The molecule has 0 spiro atoms. The Hall–Kier alpha value is -3.15. The van der Waals surface area contributed by atoms with Crippen molar-refractivity contribution < 1.29 is 14.2 Å². The summed E-state index contributed by atoms with van der Waals surface area (Å²) < 4.78 is 16.3. The van der Waals surface area contributed by atoms with Gasteiger partial charge in [-0.15, -0.1) is 0 Å². The van der Waals surface area contributed by atoms with Crippen molar-refractivity contribution in [2.24, 2.45) is 4.99 Å². The first-order chi connectivity index (χ1) is 13.2. The van der Waals surface area contributed by atoms with Gasteiger partial charge in [0.05, 0.1) is 14.2 Å². The number of ether oxygens (including phenoxy) is 3. The summed E-state index contributed by atoms with van der Waals surface area (Å²) in [6.07, 6.45) is 1.73. The summed E-state index contributed by atoms with van der Waals surface area (Å²) in [6, 6.07) is 13.6. The average molecular weight is 369 g/mol.